The number of carbonyl (C=O) groups excluding carboxylic acids is 2. The fourth-order valence-electron chi connectivity index (χ4n) is 3.15. The first-order valence-electron chi connectivity index (χ1n) is 4.65. The summed E-state index contributed by atoms with van der Waals surface area (Å²) in [6.07, 6.45) is 0.960. The molecule has 3 aliphatic rings. The van der Waals surface area contributed by atoms with Gasteiger partial charge in [0.2, 0.25) is 0 Å². The minimum Gasteiger partial charge on any atom is -0.393 e. The molecule has 1 aliphatic heterocycles. The molecule has 1 saturated heterocycles. The smallest absolute Gasteiger partial charge is 0.317 e. The number of hydrogen-bond donors (Lipinski definition) is 0. The van der Waals surface area contributed by atoms with Crippen LogP contribution in [-0.4, -0.2) is 21.6 Å². The molecule has 2 bridgehead atoms. The third-order valence-corrected chi connectivity index (χ3v) is 6.93. The van der Waals surface area contributed by atoms with E-state index in [0.29, 0.717) is 9.65 Å². The van der Waals surface area contributed by atoms with Gasteiger partial charge in [0.25, 0.3) is 0 Å². The van der Waals surface area contributed by atoms with Crippen LogP contribution < -0.4 is 0 Å². The number of halogens is 2. The van der Waals surface area contributed by atoms with Gasteiger partial charge in [0.15, 0.2) is 0 Å². The average Bonchev–Trinajstić information content (AvgIpc) is 2.71. The standard InChI is InChI=1S/C9H8Br2O3/c10-6-2-1-3(7(6)11)5-4(2)8(12)14-9(5)13/h2-7H,1H2/t2-,3-,4-,5+,6-,7-/m1/s1. The zero-order valence-electron chi connectivity index (χ0n) is 7.15. The average molecular weight is 324 g/mol. The number of esters is 2. The van der Waals surface area contributed by atoms with Crippen molar-refractivity contribution in [2.24, 2.45) is 23.7 Å². The molecule has 3 fully saturated rings. The molecule has 3 rings (SSSR count). The van der Waals surface area contributed by atoms with Gasteiger partial charge in [0, 0.05) is 9.65 Å². The molecule has 0 amide bonds. The summed E-state index contributed by atoms with van der Waals surface area (Å²) in [5.41, 5.74) is 0. The summed E-state index contributed by atoms with van der Waals surface area (Å²) in [6, 6.07) is 0. The Labute approximate surface area is 97.8 Å². The van der Waals surface area contributed by atoms with Gasteiger partial charge < -0.3 is 4.74 Å². The van der Waals surface area contributed by atoms with Crippen molar-refractivity contribution in [1.82, 2.24) is 0 Å². The summed E-state index contributed by atoms with van der Waals surface area (Å²) in [6.45, 7) is 0. The van der Waals surface area contributed by atoms with Gasteiger partial charge in [-0.1, -0.05) is 31.9 Å². The van der Waals surface area contributed by atoms with Gasteiger partial charge in [-0.15, -0.1) is 0 Å². The van der Waals surface area contributed by atoms with Crippen molar-refractivity contribution < 1.29 is 14.3 Å². The lowest BCUT2D eigenvalue weighted by Crippen LogP contribution is -2.37. The molecule has 3 nitrogen and oxygen atoms in total. The summed E-state index contributed by atoms with van der Waals surface area (Å²) in [4.78, 5) is 23.5. The predicted molar refractivity (Wildman–Crippen MR) is 55.1 cm³/mol. The Balaban J connectivity index is 2.01. The summed E-state index contributed by atoms with van der Waals surface area (Å²) < 4.78 is 4.69. The van der Waals surface area contributed by atoms with Crippen LogP contribution in [0.3, 0.4) is 0 Å². The van der Waals surface area contributed by atoms with E-state index in [0.717, 1.165) is 6.42 Å². The van der Waals surface area contributed by atoms with Gasteiger partial charge in [0.05, 0.1) is 11.8 Å². The van der Waals surface area contributed by atoms with Crippen LogP contribution >= 0.6 is 31.9 Å². The Morgan fingerprint density at radius 2 is 1.43 bits per heavy atom. The second kappa shape index (κ2) is 2.82. The van der Waals surface area contributed by atoms with Crippen LogP contribution in [0, 0.1) is 23.7 Å². The van der Waals surface area contributed by atoms with Crippen molar-refractivity contribution in [2.75, 3.05) is 0 Å². The highest BCUT2D eigenvalue weighted by molar-refractivity contribution is 9.12. The van der Waals surface area contributed by atoms with E-state index in [1.165, 1.54) is 0 Å². The molecule has 76 valence electrons. The molecule has 0 aromatic carbocycles. The molecule has 0 aromatic rings. The zero-order chi connectivity index (χ0) is 10.0. The number of fused-ring (bicyclic) bond motifs is 5. The van der Waals surface area contributed by atoms with Crippen molar-refractivity contribution in [2.45, 2.75) is 16.1 Å². The van der Waals surface area contributed by atoms with Crippen LogP contribution in [0.2, 0.25) is 0 Å². The maximum Gasteiger partial charge on any atom is 0.317 e. The van der Waals surface area contributed by atoms with E-state index in [2.05, 4.69) is 36.6 Å². The summed E-state index contributed by atoms with van der Waals surface area (Å²) in [7, 11) is 0. The molecule has 2 aliphatic carbocycles. The largest absolute Gasteiger partial charge is 0.393 e. The first-order chi connectivity index (χ1) is 6.61. The highest BCUT2D eigenvalue weighted by Crippen LogP contribution is 2.59. The first kappa shape index (κ1) is 9.33. The van der Waals surface area contributed by atoms with E-state index in [9.17, 15) is 9.59 Å². The third kappa shape index (κ3) is 0.927. The fourth-order valence-corrected chi connectivity index (χ4v) is 5.02. The van der Waals surface area contributed by atoms with Gasteiger partial charge >= 0.3 is 11.9 Å². The van der Waals surface area contributed by atoms with E-state index < -0.39 is 0 Å². The molecule has 1 heterocycles. The van der Waals surface area contributed by atoms with Crippen molar-refractivity contribution in [3.05, 3.63) is 0 Å². The summed E-state index contributed by atoms with van der Waals surface area (Å²) in [5, 5.41) is 0. The summed E-state index contributed by atoms with van der Waals surface area (Å²) in [5.74, 6) is -0.425. The predicted octanol–water partition coefficient (Wildman–Crippen LogP) is 1.48. The molecule has 5 heteroatoms. The number of carbonyl (C=O) groups is 2. The molecule has 0 N–H and O–H groups in total. The number of hydrogen-bond acceptors (Lipinski definition) is 3. The van der Waals surface area contributed by atoms with Gasteiger partial charge in [-0.2, -0.15) is 0 Å². The number of alkyl halides is 2. The Bertz CT molecular complexity index is 300. The van der Waals surface area contributed by atoms with Crippen molar-refractivity contribution in [3.63, 3.8) is 0 Å². The number of ether oxygens (including phenoxy) is 1. The minimum absolute atomic E-state index is 0.175. The lowest BCUT2D eigenvalue weighted by atomic mass is 9.81. The highest BCUT2D eigenvalue weighted by atomic mass is 79.9. The summed E-state index contributed by atoms with van der Waals surface area (Å²) >= 11 is 7.16. The van der Waals surface area contributed by atoms with E-state index >= 15 is 0 Å². The fraction of sp³-hybridized carbons (Fsp3) is 0.778. The maximum atomic E-state index is 11.4. The Hall–Kier alpha value is 0.1000. The van der Waals surface area contributed by atoms with Gasteiger partial charge in [-0.3, -0.25) is 9.59 Å². The molecular weight excluding hydrogens is 316 g/mol. The van der Waals surface area contributed by atoms with Crippen LogP contribution in [0.25, 0.3) is 0 Å². The van der Waals surface area contributed by atoms with Crippen LogP contribution in [-0.2, 0) is 14.3 Å². The zero-order valence-corrected chi connectivity index (χ0v) is 10.3. The Morgan fingerprint density at radius 3 is 1.86 bits per heavy atom. The van der Waals surface area contributed by atoms with Gasteiger partial charge in [0.1, 0.15) is 0 Å². The minimum atomic E-state index is -0.309. The second-order valence-electron chi connectivity index (χ2n) is 4.24. The molecule has 0 unspecified atom stereocenters. The molecule has 0 aromatic heterocycles. The molecule has 2 saturated carbocycles. The Kier molecular flexibility index (Phi) is 1.88. The highest BCUT2D eigenvalue weighted by Gasteiger charge is 2.65. The van der Waals surface area contributed by atoms with E-state index in [1.54, 1.807) is 0 Å². The molecule has 0 spiro atoms. The van der Waals surface area contributed by atoms with Crippen molar-refractivity contribution in [1.29, 1.82) is 0 Å². The molecule has 14 heavy (non-hydrogen) atoms. The first-order valence-corrected chi connectivity index (χ1v) is 6.48. The van der Waals surface area contributed by atoms with E-state index in [1.807, 2.05) is 0 Å². The lowest BCUT2D eigenvalue weighted by Gasteiger charge is -2.27. The van der Waals surface area contributed by atoms with E-state index in [-0.39, 0.29) is 35.6 Å². The van der Waals surface area contributed by atoms with Crippen LogP contribution in [0.5, 0.6) is 0 Å². The van der Waals surface area contributed by atoms with E-state index in [4.69, 9.17) is 0 Å². The van der Waals surface area contributed by atoms with Gasteiger partial charge in [-0.05, 0) is 18.3 Å². The molecular formula is C9H8Br2O3. The Morgan fingerprint density at radius 1 is 1.00 bits per heavy atom. The quantitative estimate of drug-likeness (QED) is 0.385. The number of rotatable bonds is 0. The number of cyclic esters (lactones) is 2. The topological polar surface area (TPSA) is 43.4 Å². The molecule has 0 radical (unpaired) electrons. The van der Waals surface area contributed by atoms with Gasteiger partial charge in [-0.25, -0.2) is 0 Å². The lowest BCUT2D eigenvalue weighted by molar-refractivity contribution is -0.154. The second-order valence-corrected chi connectivity index (χ2v) is 6.36. The molecule has 6 atom stereocenters. The van der Waals surface area contributed by atoms with Crippen molar-refractivity contribution >= 4 is 43.8 Å². The third-order valence-electron chi connectivity index (χ3n) is 3.72. The monoisotopic (exact) mass is 322 g/mol. The van der Waals surface area contributed by atoms with Crippen LogP contribution in [0.15, 0.2) is 0 Å². The SMILES string of the molecule is O=C1OC(=O)[C@H]2[C@H]3C[C@@H]([C@@H](Br)[C@@H]3Br)[C@@H]12. The van der Waals surface area contributed by atoms with Crippen molar-refractivity contribution in [3.8, 4) is 0 Å². The normalized spacial score (nSPS) is 55.0. The van der Waals surface area contributed by atoms with Crippen LogP contribution in [0.1, 0.15) is 6.42 Å². The maximum absolute atomic E-state index is 11.4. The van der Waals surface area contributed by atoms with Crippen LogP contribution in [0.4, 0.5) is 0 Å².